The second-order valence-corrected chi connectivity index (χ2v) is 4.28. The first kappa shape index (κ1) is 10.4. The summed E-state index contributed by atoms with van der Waals surface area (Å²) in [5, 5.41) is 0. The highest BCUT2D eigenvalue weighted by Gasteiger charge is 2.06. The minimum Gasteiger partial charge on any atom is -0.373 e. The molecular weight excluding hydrogens is 254 g/mol. The smallest absolute Gasteiger partial charge is 0.112 e. The van der Waals surface area contributed by atoms with Gasteiger partial charge in [0.15, 0.2) is 0 Å². The molecule has 2 aromatic heterocycles. The number of hydrogen-bond acceptors (Lipinski definition) is 3. The van der Waals surface area contributed by atoms with Crippen LogP contribution < -0.4 is 4.90 Å². The van der Waals surface area contributed by atoms with Crippen molar-refractivity contribution in [2.45, 2.75) is 6.92 Å². The maximum absolute atomic E-state index is 4.40. The Hall–Kier alpha value is -1.16. The molecule has 0 unspecified atom stereocenters. The van der Waals surface area contributed by atoms with E-state index in [1.54, 1.807) is 6.20 Å². The van der Waals surface area contributed by atoms with Gasteiger partial charge in [0.2, 0.25) is 0 Å². The van der Waals surface area contributed by atoms with Crippen molar-refractivity contribution in [3.8, 4) is 0 Å². The van der Waals surface area contributed by atoms with Crippen molar-refractivity contribution in [3.05, 3.63) is 29.0 Å². The van der Waals surface area contributed by atoms with Gasteiger partial charge in [0.1, 0.15) is 5.52 Å². The molecule has 0 amide bonds. The topological polar surface area (TPSA) is 29.0 Å². The van der Waals surface area contributed by atoms with E-state index < -0.39 is 0 Å². The predicted molar refractivity (Wildman–Crippen MR) is 66.2 cm³/mol. The van der Waals surface area contributed by atoms with Crippen LogP contribution >= 0.6 is 15.9 Å². The summed E-state index contributed by atoms with van der Waals surface area (Å²) in [6, 6.07) is 3.97. The first-order chi connectivity index (χ1) is 7.22. The quantitative estimate of drug-likeness (QED) is 0.836. The summed E-state index contributed by atoms with van der Waals surface area (Å²) in [4.78, 5) is 10.9. The fourth-order valence-electron chi connectivity index (χ4n) is 1.47. The fraction of sp³-hybridized carbons (Fsp3) is 0.273. The number of pyridine rings is 2. The fourth-order valence-corrected chi connectivity index (χ4v) is 1.79. The van der Waals surface area contributed by atoms with E-state index in [0.29, 0.717) is 0 Å². The second-order valence-electron chi connectivity index (χ2n) is 3.37. The summed E-state index contributed by atoms with van der Waals surface area (Å²) >= 11 is 3.39. The number of anilines is 1. The minimum absolute atomic E-state index is 0.919. The molecule has 0 aromatic carbocycles. The summed E-state index contributed by atoms with van der Waals surface area (Å²) < 4.78 is 0.957. The highest BCUT2D eigenvalue weighted by atomic mass is 79.9. The van der Waals surface area contributed by atoms with Gasteiger partial charge < -0.3 is 4.90 Å². The molecule has 15 heavy (non-hydrogen) atoms. The molecule has 0 saturated heterocycles. The third kappa shape index (κ3) is 1.95. The summed E-state index contributed by atoms with van der Waals surface area (Å²) in [5.41, 5.74) is 2.99. The van der Waals surface area contributed by atoms with Gasteiger partial charge in [-0.2, -0.15) is 0 Å². The summed E-state index contributed by atoms with van der Waals surface area (Å²) in [7, 11) is 2.05. The zero-order chi connectivity index (χ0) is 10.8. The Labute approximate surface area is 97.3 Å². The molecule has 0 atom stereocenters. The zero-order valence-electron chi connectivity index (χ0n) is 8.74. The number of nitrogens with zero attached hydrogens (tertiary/aromatic N) is 3. The van der Waals surface area contributed by atoms with E-state index >= 15 is 0 Å². The average Bonchev–Trinajstić information content (AvgIpc) is 2.26. The van der Waals surface area contributed by atoms with Crippen LogP contribution in [0.4, 0.5) is 5.69 Å². The van der Waals surface area contributed by atoms with Crippen LogP contribution in [0, 0.1) is 0 Å². The van der Waals surface area contributed by atoms with Crippen molar-refractivity contribution in [2.24, 2.45) is 0 Å². The Morgan fingerprint density at radius 3 is 2.93 bits per heavy atom. The van der Waals surface area contributed by atoms with E-state index in [1.807, 2.05) is 18.3 Å². The van der Waals surface area contributed by atoms with E-state index in [0.717, 1.165) is 27.7 Å². The number of fused-ring (bicyclic) bond motifs is 1. The van der Waals surface area contributed by atoms with E-state index in [-0.39, 0.29) is 0 Å². The number of rotatable bonds is 2. The largest absolute Gasteiger partial charge is 0.373 e. The van der Waals surface area contributed by atoms with Crippen LogP contribution in [0.25, 0.3) is 11.0 Å². The molecule has 2 heterocycles. The van der Waals surface area contributed by atoms with Gasteiger partial charge in [-0.15, -0.1) is 0 Å². The zero-order valence-corrected chi connectivity index (χ0v) is 10.3. The van der Waals surface area contributed by atoms with E-state index in [2.05, 4.69) is 44.8 Å². The summed E-state index contributed by atoms with van der Waals surface area (Å²) in [5.74, 6) is 0. The van der Waals surface area contributed by atoms with Crippen LogP contribution in [0.1, 0.15) is 6.92 Å². The van der Waals surface area contributed by atoms with Crippen molar-refractivity contribution in [1.82, 2.24) is 9.97 Å². The van der Waals surface area contributed by atoms with Crippen LogP contribution in [0.5, 0.6) is 0 Å². The molecule has 0 radical (unpaired) electrons. The lowest BCUT2D eigenvalue weighted by atomic mass is 10.2. The molecule has 0 aliphatic carbocycles. The Kier molecular flexibility index (Phi) is 2.86. The van der Waals surface area contributed by atoms with Crippen LogP contribution in [-0.2, 0) is 0 Å². The van der Waals surface area contributed by atoms with Crippen molar-refractivity contribution in [1.29, 1.82) is 0 Å². The number of hydrogen-bond donors (Lipinski definition) is 0. The van der Waals surface area contributed by atoms with Crippen LogP contribution in [0.2, 0.25) is 0 Å². The van der Waals surface area contributed by atoms with Crippen molar-refractivity contribution < 1.29 is 0 Å². The standard InChI is InChI=1S/C11H12BrN3/c1-3-15(2)10-4-5-13-9-6-8(12)7-14-11(9)10/h4-7H,3H2,1-2H3. The van der Waals surface area contributed by atoms with Gasteiger partial charge in [-0.3, -0.25) is 9.97 Å². The maximum atomic E-state index is 4.40. The van der Waals surface area contributed by atoms with Crippen molar-refractivity contribution in [3.63, 3.8) is 0 Å². The first-order valence-corrected chi connectivity index (χ1v) is 5.63. The predicted octanol–water partition coefficient (Wildman–Crippen LogP) is 2.85. The molecule has 0 saturated carbocycles. The third-order valence-electron chi connectivity index (χ3n) is 2.41. The normalized spacial score (nSPS) is 10.6. The third-order valence-corrected chi connectivity index (χ3v) is 2.84. The lowest BCUT2D eigenvalue weighted by Crippen LogP contribution is -2.16. The number of aromatic nitrogens is 2. The Morgan fingerprint density at radius 1 is 1.40 bits per heavy atom. The molecule has 0 fully saturated rings. The molecule has 2 rings (SSSR count). The maximum Gasteiger partial charge on any atom is 0.112 e. The highest BCUT2D eigenvalue weighted by Crippen LogP contribution is 2.24. The molecule has 0 bridgehead atoms. The monoisotopic (exact) mass is 265 g/mol. The van der Waals surface area contributed by atoms with Gasteiger partial charge in [0.25, 0.3) is 0 Å². The Morgan fingerprint density at radius 2 is 2.20 bits per heavy atom. The minimum atomic E-state index is 0.919. The van der Waals surface area contributed by atoms with Crippen LogP contribution in [0.3, 0.4) is 0 Å². The molecule has 78 valence electrons. The Bertz CT molecular complexity index is 484. The molecule has 0 spiro atoms. The van der Waals surface area contributed by atoms with Crippen LogP contribution in [0.15, 0.2) is 29.0 Å². The van der Waals surface area contributed by atoms with Gasteiger partial charge in [-0.1, -0.05) is 0 Å². The molecule has 4 heteroatoms. The Balaban J connectivity index is 2.66. The van der Waals surface area contributed by atoms with E-state index in [4.69, 9.17) is 0 Å². The summed E-state index contributed by atoms with van der Waals surface area (Å²) in [6.07, 6.45) is 3.62. The molecule has 0 aliphatic rings. The van der Waals surface area contributed by atoms with Crippen molar-refractivity contribution >= 4 is 32.7 Å². The van der Waals surface area contributed by atoms with Crippen molar-refractivity contribution in [2.75, 3.05) is 18.5 Å². The molecule has 3 nitrogen and oxygen atoms in total. The molecule has 0 aliphatic heterocycles. The molecule has 2 aromatic rings. The van der Waals surface area contributed by atoms with Gasteiger partial charge in [-0.25, -0.2) is 0 Å². The number of halogens is 1. The van der Waals surface area contributed by atoms with E-state index in [9.17, 15) is 0 Å². The lowest BCUT2D eigenvalue weighted by Gasteiger charge is -2.17. The van der Waals surface area contributed by atoms with E-state index in [1.165, 1.54) is 0 Å². The summed E-state index contributed by atoms with van der Waals surface area (Å²) in [6.45, 7) is 3.07. The lowest BCUT2D eigenvalue weighted by molar-refractivity contribution is 0.969. The average molecular weight is 266 g/mol. The van der Waals surface area contributed by atoms with Gasteiger partial charge in [0, 0.05) is 30.5 Å². The molecule has 0 N–H and O–H groups in total. The van der Waals surface area contributed by atoms with Gasteiger partial charge in [-0.05, 0) is 35.0 Å². The first-order valence-electron chi connectivity index (χ1n) is 4.83. The SMILES string of the molecule is CCN(C)c1ccnc2cc(Br)cnc12. The molecular formula is C11H12BrN3. The highest BCUT2D eigenvalue weighted by molar-refractivity contribution is 9.10. The second kappa shape index (κ2) is 4.14. The van der Waals surface area contributed by atoms with Gasteiger partial charge in [0.05, 0.1) is 11.2 Å². The van der Waals surface area contributed by atoms with Gasteiger partial charge >= 0.3 is 0 Å². The van der Waals surface area contributed by atoms with Crippen LogP contribution in [-0.4, -0.2) is 23.6 Å².